The number of nitrogens with zero attached hydrogens (tertiary/aromatic N) is 2. The lowest BCUT2D eigenvalue weighted by Crippen LogP contribution is -2.31. The van der Waals surface area contributed by atoms with Crippen LogP contribution in [0.2, 0.25) is 0 Å². The fourth-order valence-electron chi connectivity index (χ4n) is 1.81. The second kappa shape index (κ2) is 4.82. The fourth-order valence-corrected chi connectivity index (χ4v) is 1.81. The standard InChI is InChI=1S/C13H14F3N3O/c1-12(2,17)11-7-18-8-19(11)9-4-3-5-10(6-9)20-13(14,15)16/h3-8H,17H2,1-2H3. The van der Waals surface area contributed by atoms with Crippen molar-refractivity contribution >= 4 is 0 Å². The summed E-state index contributed by atoms with van der Waals surface area (Å²) < 4.78 is 42.2. The van der Waals surface area contributed by atoms with E-state index in [2.05, 4.69) is 9.72 Å². The van der Waals surface area contributed by atoms with Gasteiger partial charge in [-0.15, -0.1) is 13.2 Å². The van der Waals surface area contributed by atoms with Crippen molar-refractivity contribution in [2.75, 3.05) is 0 Å². The molecule has 2 aromatic rings. The van der Waals surface area contributed by atoms with Crippen molar-refractivity contribution in [1.82, 2.24) is 9.55 Å². The van der Waals surface area contributed by atoms with Crippen molar-refractivity contribution in [3.05, 3.63) is 42.5 Å². The molecule has 1 heterocycles. The first-order valence-corrected chi connectivity index (χ1v) is 5.85. The van der Waals surface area contributed by atoms with Gasteiger partial charge < -0.3 is 15.0 Å². The van der Waals surface area contributed by atoms with E-state index in [1.54, 1.807) is 30.7 Å². The zero-order valence-corrected chi connectivity index (χ0v) is 11.0. The van der Waals surface area contributed by atoms with Crippen molar-refractivity contribution in [1.29, 1.82) is 0 Å². The minimum atomic E-state index is -4.72. The van der Waals surface area contributed by atoms with Crippen LogP contribution in [-0.4, -0.2) is 15.9 Å². The number of rotatable bonds is 3. The third kappa shape index (κ3) is 3.30. The van der Waals surface area contributed by atoms with Crippen LogP contribution < -0.4 is 10.5 Å². The molecule has 0 bridgehead atoms. The molecule has 4 nitrogen and oxygen atoms in total. The summed E-state index contributed by atoms with van der Waals surface area (Å²) in [5.41, 5.74) is 6.52. The molecule has 0 amide bonds. The molecule has 1 aromatic heterocycles. The highest BCUT2D eigenvalue weighted by atomic mass is 19.4. The largest absolute Gasteiger partial charge is 0.573 e. The van der Waals surface area contributed by atoms with Gasteiger partial charge in [0.15, 0.2) is 0 Å². The Morgan fingerprint density at radius 3 is 2.55 bits per heavy atom. The Hall–Kier alpha value is -2.02. The van der Waals surface area contributed by atoms with Gasteiger partial charge in [-0.25, -0.2) is 4.98 Å². The maximum atomic E-state index is 12.2. The van der Waals surface area contributed by atoms with Crippen LogP contribution in [0.4, 0.5) is 13.2 Å². The van der Waals surface area contributed by atoms with Crippen molar-refractivity contribution in [3.8, 4) is 11.4 Å². The molecule has 2 N–H and O–H groups in total. The van der Waals surface area contributed by atoms with Gasteiger partial charge in [0.05, 0.1) is 29.4 Å². The minimum absolute atomic E-state index is 0.288. The van der Waals surface area contributed by atoms with Crippen LogP contribution in [0.3, 0.4) is 0 Å². The summed E-state index contributed by atoms with van der Waals surface area (Å²) in [6.07, 6.45) is -1.64. The van der Waals surface area contributed by atoms with Crippen molar-refractivity contribution < 1.29 is 17.9 Å². The average molecular weight is 285 g/mol. The molecule has 7 heteroatoms. The Morgan fingerprint density at radius 1 is 1.25 bits per heavy atom. The molecule has 20 heavy (non-hydrogen) atoms. The first kappa shape index (κ1) is 14.4. The van der Waals surface area contributed by atoms with Crippen molar-refractivity contribution in [2.45, 2.75) is 25.7 Å². The van der Waals surface area contributed by atoms with E-state index in [0.29, 0.717) is 11.4 Å². The lowest BCUT2D eigenvalue weighted by molar-refractivity contribution is -0.274. The molecule has 0 radical (unpaired) electrons. The van der Waals surface area contributed by atoms with Gasteiger partial charge >= 0.3 is 6.36 Å². The number of ether oxygens (including phenoxy) is 1. The first-order valence-electron chi connectivity index (χ1n) is 5.85. The highest BCUT2D eigenvalue weighted by molar-refractivity contribution is 5.41. The summed E-state index contributed by atoms with van der Waals surface area (Å²) in [4.78, 5) is 3.99. The van der Waals surface area contributed by atoms with Gasteiger partial charge in [0.2, 0.25) is 0 Å². The topological polar surface area (TPSA) is 53.1 Å². The van der Waals surface area contributed by atoms with Crippen LogP contribution in [0.15, 0.2) is 36.8 Å². The van der Waals surface area contributed by atoms with Gasteiger partial charge in [-0.3, -0.25) is 0 Å². The molecule has 2 rings (SSSR count). The summed E-state index contributed by atoms with van der Waals surface area (Å²) in [5.74, 6) is -0.288. The van der Waals surface area contributed by atoms with Crippen LogP contribution in [0.5, 0.6) is 5.75 Å². The Morgan fingerprint density at radius 2 is 1.95 bits per heavy atom. The molecular weight excluding hydrogens is 271 g/mol. The Labute approximate surface area is 114 Å². The maximum Gasteiger partial charge on any atom is 0.573 e. The molecule has 1 aromatic carbocycles. The number of halogens is 3. The van der Waals surface area contributed by atoms with Gasteiger partial charge in [0.25, 0.3) is 0 Å². The van der Waals surface area contributed by atoms with E-state index < -0.39 is 11.9 Å². The molecule has 0 aliphatic carbocycles. The van der Waals surface area contributed by atoms with Crippen LogP contribution in [-0.2, 0) is 5.54 Å². The summed E-state index contributed by atoms with van der Waals surface area (Å²) in [6, 6.07) is 5.65. The molecule has 0 atom stereocenters. The lowest BCUT2D eigenvalue weighted by atomic mass is 10.0. The zero-order chi connectivity index (χ0) is 15.0. The van der Waals surface area contributed by atoms with E-state index in [0.717, 1.165) is 0 Å². The van der Waals surface area contributed by atoms with Crippen LogP contribution in [0, 0.1) is 0 Å². The molecule has 0 fully saturated rings. The van der Waals surface area contributed by atoms with Crippen molar-refractivity contribution in [2.24, 2.45) is 5.73 Å². The normalized spacial score (nSPS) is 12.5. The molecule has 0 saturated heterocycles. The second-order valence-corrected chi connectivity index (χ2v) is 4.92. The van der Waals surface area contributed by atoms with Crippen LogP contribution in [0.25, 0.3) is 5.69 Å². The van der Waals surface area contributed by atoms with Gasteiger partial charge in [0, 0.05) is 6.07 Å². The number of hydrogen-bond donors (Lipinski definition) is 1. The second-order valence-electron chi connectivity index (χ2n) is 4.92. The van der Waals surface area contributed by atoms with Gasteiger partial charge in [-0.05, 0) is 26.0 Å². The predicted molar refractivity (Wildman–Crippen MR) is 67.5 cm³/mol. The number of alkyl halides is 3. The number of benzene rings is 1. The minimum Gasteiger partial charge on any atom is -0.406 e. The van der Waals surface area contributed by atoms with Gasteiger partial charge in [-0.2, -0.15) is 0 Å². The zero-order valence-electron chi connectivity index (χ0n) is 11.0. The summed E-state index contributed by atoms with van der Waals surface area (Å²) >= 11 is 0. The van der Waals surface area contributed by atoms with E-state index >= 15 is 0 Å². The smallest absolute Gasteiger partial charge is 0.406 e. The van der Waals surface area contributed by atoms with E-state index in [9.17, 15) is 13.2 Å². The molecule has 0 spiro atoms. The van der Waals surface area contributed by atoms with E-state index in [1.165, 1.54) is 24.5 Å². The Balaban J connectivity index is 2.40. The summed E-state index contributed by atoms with van der Waals surface area (Å²) in [7, 11) is 0. The monoisotopic (exact) mass is 285 g/mol. The number of aromatic nitrogens is 2. The van der Waals surface area contributed by atoms with Gasteiger partial charge in [0.1, 0.15) is 5.75 Å². The molecule has 0 aliphatic rings. The highest BCUT2D eigenvalue weighted by Crippen LogP contribution is 2.26. The predicted octanol–water partition coefficient (Wildman–Crippen LogP) is 2.96. The number of nitrogens with two attached hydrogens (primary N) is 1. The number of hydrogen-bond acceptors (Lipinski definition) is 3. The average Bonchev–Trinajstić information content (AvgIpc) is 2.75. The highest BCUT2D eigenvalue weighted by Gasteiger charge is 2.31. The quantitative estimate of drug-likeness (QED) is 0.943. The summed E-state index contributed by atoms with van der Waals surface area (Å²) in [5, 5.41) is 0. The first-order chi connectivity index (χ1) is 9.17. The third-order valence-corrected chi connectivity index (χ3v) is 2.63. The molecule has 108 valence electrons. The lowest BCUT2D eigenvalue weighted by Gasteiger charge is -2.21. The SMILES string of the molecule is CC(C)(N)c1cncn1-c1cccc(OC(F)(F)F)c1. The Bertz CT molecular complexity index is 599. The Kier molecular flexibility index (Phi) is 3.47. The fraction of sp³-hybridized carbons (Fsp3) is 0.308. The molecular formula is C13H14F3N3O. The van der Waals surface area contributed by atoms with E-state index in [1.807, 2.05) is 0 Å². The third-order valence-electron chi connectivity index (χ3n) is 2.63. The van der Waals surface area contributed by atoms with E-state index in [-0.39, 0.29) is 5.75 Å². The number of imidazole rings is 1. The maximum absolute atomic E-state index is 12.2. The molecule has 0 aliphatic heterocycles. The van der Waals surface area contributed by atoms with Gasteiger partial charge in [-0.1, -0.05) is 6.07 Å². The molecule has 0 unspecified atom stereocenters. The van der Waals surface area contributed by atoms with Crippen LogP contribution in [0.1, 0.15) is 19.5 Å². The molecule has 0 saturated carbocycles. The van der Waals surface area contributed by atoms with Crippen molar-refractivity contribution in [3.63, 3.8) is 0 Å². The van der Waals surface area contributed by atoms with Crippen LogP contribution >= 0.6 is 0 Å². The van der Waals surface area contributed by atoms with E-state index in [4.69, 9.17) is 5.73 Å². The summed E-state index contributed by atoms with van der Waals surface area (Å²) in [6.45, 7) is 3.58.